The van der Waals surface area contributed by atoms with E-state index in [9.17, 15) is 0 Å². The van der Waals surface area contributed by atoms with Gasteiger partial charge in [-0.1, -0.05) is 94.1 Å². The summed E-state index contributed by atoms with van der Waals surface area (Å²) in [6, 6.07) is 18.4. The van der Waals surface area contributed by atoms with Crippen LogP contribution in [0.1, 0.15) is 76.3 Å². The van der Waals surface area contributed by atoms with Crippen molar-refractivity contribution in [1.29, 1.82) is 0 Å². The van der Waals surface area contributed by atoms with Crippen LogP contribution >= 0.6 is 0 Å². The molecule has 0 N–H and O–H groups in total. The number of hydrogen-bond donors (Lipinski definition) is 0. The normalized spacial score (nSPS) is 17.2. The van der Waals surface area contributed by atoms with E-state index >= 15 is 0 Å². The van der Waals surface area contributed by atoms with Crippen molar-refractivity contribution < 1.29 is 0 Å². The van der Waals surface area contributed by atoms with E-state index in [0.29, 0.717) is 0 Å². The van der Waals surface area contributed by atoms with Gasteiger partial charge in [0.25, 0.3) is 0 Å². The number of hydrogen-bond acceptors (Lipinski definition) is 0. The summed E-state index contributed by atoms with van der Waals surface area (Å²) in [6.07, 6.45) is 14.3. The molecule has 0 saturated heterocycles. The van der Waals surface area contributed by atoms with Crippen molar-refractivity contribution in [2.45, 2.75) is 71.6 Å². The number of unbranched alkanes of at least 4 members (excludes halogenated alkanes) is 2. The SMILES string of the molecule is CCCCc1ccc(-c2ccc(C3=CCC(CCCC)CC3)cc2)cc1. The number of aryl methyl sites for hydroxylation is 1. The molecular formula is C26H34. The molecule has 0 nitrogen and oxygen atoms in total. The highest BCUT2D eigenvalue weighted by Crippen LogP contribution is 2.33. The fraction of sp³-hybridized carbons (Fsp3) is 0.462. The van der Waals surface area contributed by atoms with Crippen molar-refractivity contribution in [2.24, 2.45) is 5.92 Å². The van der Waals surface area contributed by atoms with E-state index in [1.54, 1.807) is 5.57 Å². The Balaban J connectivity index is 1.62. The van der Waals surface area contributed by atoms with Crippen molar-refractivity contribution in [3.8, 4) is 11.1 Å². The first-order chi connectivity index (χ1) is 12.8. The first-order valence-corrected chi connectivity index (χ1v) is 10.7. The van der Waals surface area contributed by atoms with Gasteiger partial charge in [-0.25, -0.2) is 0 Å². The third kappa shape index (κ3) is 5.10. The minimum atomic E-state index is 0.921. The van der Waals surface area contributed by atoms with Crippen LogP contribution in [0.15, 0.2) is 54.6 Å². The van der Waals surface area contributed by atoms with Crippen molar-refractivity contribution in [2.75, 3.05) is 0 Å². The van der Waals surface area contributed by atoms with Crippen LogP contribution in [0.3, 0.4) is 0 Å². The lowest BCUT2D eigenvalue weighted by molar-refractivity contribution is 0.434. The molecule has 0 saturated carbocycles. The second kappa shape index (κ2) is 9.76. The minimum absolute atomic E-state index is 0.921. The van der Waals surface area contributed by atoms with E-state index in [0.717, 1.165) is 5.92 Å². The molecule has 0 aliphatic heterocycles. The molecule has 1 aliphatic rings. The molecule has 26 heavy (non-hydrogen) atoms. The largest absolute Gasteiger partial charge is 0.0804 e. The van der Waals surface area contributed by atoms with E-state index in [1.165, 1.54) is 80.0 Å². The molecule has 0 radical (unpaired) electrons. The van der Waals surface area contributed by atoms with E-state index in [2.05, 4.69) is 68.5 Å². The maximum absolute atomic E-state index is 2.50. The maximum atomic E-state index is 2.50. The average molecular weight is 347 g/mol. The second-order valence-electron chi connectivity index (χ2n) is 7.89. The third-order valence-corrected chi connectivity index (χ3v) is 5.85. The predicted molar refractivity (Wildman–Crippen MR) is 115 cm³/mol. The Bertz CT molecular complexity index is 688. The van der Waals surface area contributed by atoms with Crippen LogP contribution in [0.4, 0.5) is 0 Å². The van der Waals surface area contributed by atoms with E-state index in [-0.39, 0.29) is 0 Å². The van der Waals surface area contributed by atoms with Crippen LogP contribution in [0.25, 0.3) is 16.7 Å². The van der Waals surface area contributed by atoms with Gasteiger partial charge < -0.3 is 0 Å². The Morgan fingerprint density at radius 2 is 1.38 bits per heavy atom. The summed E-state index contributed by atoms with van der Waals surface area (Å²) in [7, 11) is 0. The van der Waals surface area contributed by atoms with Gasteiger partial charge in [0, 0.05) is 0 Å². The standard InChI is InChI=1S/C26H34/c1-3-5-7-21-9-13-23(14-10-21)25-17-19-26(20-18-25)24-15-11-22(12-16-24)8-6-4-2/h9-10,13-15,17-20,22H,3-8,11-12,16H2,1-2H3. The number of allylic oxidation sites excluding steroid dienone is 2. The van der Waals surface area contributed by atoms with Gasteiger partial charge in [0.2, 0.25) is 0 Å². The predicted octanol–water partition coefficient (Wildman–Crippen LogP) is 8.07. The smallest absolute Gasteiger partial charge is 0.0184 e. The molecule has 1 aliphatic carbocycles. The highest BCUT2D eigenvalue weighted by molar-refractivity contribution is 5.71. The Morgan fingerprint density at radius 3 is 1.96 bits per heavy atom. The van der Waals surface area contributed by atoms with E-state index < -0.39 is 0 Å². The monoisotopic (exact) mass is 346 g/mol. The van der Waals surface area contributed by atoms with Gasteiger partial charge >= 0.3 is 0 Å². The van der Waals surface area contributed by atoms with Crippen LogP contribution in [0, 0.1) is 5.92 Å². The summed E-state index contributed by atoms with van der Waals surface area (Å²) < 4.78 is 0. The molecule has 2 aromatic carbocycles. The van der Waals surface area contributed by atoms with Gasteiger partial charge in [-0.3, -0.25) is 0 Å². The van der Waals surface area contributed by atoms with Crippen molar-refractivity contribution in [3.63, 3.8) is 0 Å². The lowest BCUT2D eigenvalue weighted by Crippen LogP contribution is -2.05. The molecule has 0 heteroatoms. The zero-order valence-electron chi connectivity index (χ0n) is 16.6. The van der Waals surface area contributed by atoms with Gasteiger partial charge in [-0.15, -0.1) is 0 Å². The molecule has 0 spiro atoms. The molecule has 1 atom stereocenters. The number of rotatable bonds is 8. The molecule has 0 aromatic heterocycles. The summed E-state index contributed by atoms with van der Waals surface area (Å²) in [4.78, 5) is 0. The van der Waals surface area contributed by atoms with Crippen LogP contribution < -0.4 is 0 Å². The first-order valence-electron chi connectivity index (χ1n) is 10.7. The lowest BCUT2D eigenvalue weighted by Gasteiger charge is -2.22. The first kappa shape index (κ1) is 19.0. The molecule has 138 valence electrons. The minimum Gasteiger partial charge on any atom is -0.0804 e. The highest BCUT2D eigenvalue weighted by Gasteiger charge is 2.15. The van der Waals surface area contributed by atoms with Crippen molar-refractivity contribution in [1.82, 2.24) is 0 Å². The molecular weight excluding hydrogens is 312 g/mol. The zero-order valence-corrected chi connectivity index (χ0v) is 16.6. The van der Waals surface area contributed by atoms with E-state index in [4.69, 9.17) is 0 Å². The fourth-order valence-electron chi connectivity index (χ4n) is 4.03. The molecule has 0 heterocycles. The maximum Gasteiger partial charge on any atom is -0.0184 e. The summed E-state index contributed by atoms with van der Waals surface area (Å²) in [5.74, 6) is 0.921. The average Bonchev–Trinajstić information content (AvgIpc) is 2.72. The highest BCUT2D eigenvalue weighted by atomic mass is 14.2. The van der Waals surface area contributed by atoms with Crippen LogP contribution in [-0.4, -0.2) is 0 Å². The van der Waals surface area contributed by atoms with Crippen LogP contribution in [0.5, 0.6) is 0 Å². The second-order valence-corrected chi connectivity index (χ2v) is 7.89. The zero-order chi connectivity index (χ0) is 18.2. The van der Waals surface area contributed by atoms with E-state index in [1.807, 2.05) is 0 Å². The van der Waals surface area contributed by atoms with Crippen LogP contribution in [-0.2, 0) is 6.42 Å². The summed E-state index contributed by atoms with van der Waals surface area (Å²) in [6.45, 7) is 4.55. The van der Waals surface area contributed by atoms with Crippen LogP contribution in [0.2, 0.25) is 0 Å². The molecule has 1 unspecified atom stereocenters. The molecule has 2 aromatic rings. The van der Waals surface area contributed by atoms with Gasteiger partial charge in [0.1, 0.15) is 0 Å². The summed E-state index contributed by atoms with van der Waals surface area (Å²) in [5, 5.41) is 0. The van der Waals surface area contributed by atoms with Crippen molar-refractivity contribution in [3.05, 3.63) is 65.7 Å². The van der Waals surface area contributed by atoms with Crippen molar-refractivity contribution >= 4 is 5.57 Å². The molecule has 3 rings (SSSR count). The molecule has 0 fully saturated rings. The lowest BCUT2D eigenvalue weighted by atomic mass is 9.84. The Morgan fingerprint density at radius 1 is 0.769 bits per heavy atom. The van der Waals surface area contributed by atoms with Gasteiger partial charge in [-0.2, -0.15) is 0 Å². The van der Waals surface area contributed by atoms with Gasteiger partial charge in [0.15, 0.2) is 0 Å². The topological polar surface area (TPSA) is 0 Å². The third-order valence-electron chi connectivity index (χ3n) is 5.85. The molecule has 0 amide bonds. The Kier molecular flexibility index (Phi) is 7.12. The summed E-state index contributed by atoms with van der Waals surface area (Å²) in [5.41, 5.74) is 7.08. The Labute approximate surface area is 160 Å². The number of benzene rings is 2. The Hall–Kier alpha value is -1.82. The fourth-order valence-corrected chi connectivity index (χ4v) is 4.03. The van der Waals surface area contributed by atoms with Gasteiger partial charge in [-0.05, 0) is 65.8 Å². The molecule has 0 bridgehead atoms. The quantitative estimate of drug-likeness (QED) is 0.453. The summed E-state index contributed by atoms with van der Waals surface area (Å²) >= 11 is 0. The van der Waals surface area contributed by atoms with Gasteiger partial charge in [0.05, 0.1) is 0 Å².